The lowest BCUT2D eigenvalue weighted by Gasteiger charge is -2.47. The standard InChI is InChI=1S/C22H22N2/c1-21(2)18-11-10-15(19-9-5-6-12-23-19)14-17(18)16-8-7-13-24-20(16)22(21,3)4/h5-14H,1-4H3. The maximum atomic E-state index is 4.75. The summed E-state index contributed by atoms with van der Waals surface area (Å²) in [7, 11) is 0. The lowest BCUT2D eigenvalue weighted by molar-refractivity contribution is 0.291. The first-order valence-electron chi connectivity index (χ1n) is 8.45. The summed E-state index contributed by atoms with van der Waals surface area (Å²) in [6.45, 7) is 9.25. The van der Waals surface area contributed by atoms with E-state index in [2.05, 4.69) is 63.0 Å². The van der Waals surface area contributed by atoms with Crippen molar-refractivity contribution in [1.29, 1.82) is 0 Å². The Hall–Kier alpha value is -2.48. The molecule has 1 aliphatic rings. The van der Waals surface area contributed by atoms with Crippen molar-refractivity contribution in [2.45, 2.75) is 38.5 Å². The summed E-state index contributed by atoms with van der Waals surface area (Å²) >= 11 is 0. The molecule has 2 nitrogen and oxygen atoms in total. The van der Waals surface area contributed by atoms with Gasteiger partial charge in [-0.2, -0.15) is 0 Å². The first-order chi connectivity index (χ1) is 11.4. The lowest BCUT2D eigenvalue weighted by Crippen LogP contribution is -2.44. The molecule has 4 rings (SSSR count). The first kappa shape index (κ1) is 15.1. The average Bonchev–Trinajstić information content (AvgIpc) is 2.61. The zero-order valence-electron chi connectivity index (χ0n) is 14.7. The van der Waals surface area contributed by atoms with E-state index in [0.717, 1.165) is 11.3 Å². The SMILES string of the molecule is CC1(C)c2ccc(-c3ccccn3)cc2-c2cccnc2C1(C)C. The minimum Gasteiger partial charge on any atom is -0.260 e. The average molecular weight is 314 g/mol. The Balaban J connectivity index is 2.01. The monoisotopic (exact) mass is 314 g/mol. The highest BCUT2D eigenvalue weighted by molar-refractivity contribution is 5.80. The fourth-order valence-corrected chi connectivity index (χ4v) is 3.76. The predicted molar refractivity (Wildman–Crippen MR) is 99.0 cm³/mol. The molecule has 2 aromatic heterocycles. The number of aromatic nitrogens is 2. The molecule has 0 aliphatic heterocycles. The van der Waals surface area contributed by atoms with Gasteiger partial charge in [-0.1, -0.05) is 52.0 Å². The number of pyridine rings is 2. The van der Waals surface area contributed by atoms with E-state index in [0.29, 0.717) is 0 Å². The summed E-state index contributed by atoms with van der Waals surface area (Å²) in [6.07, 6.45) is 3.75. The van der Waals surface area contributed by atoms with E-state index in [1.165, 1.54) is 22.4 Å². The second kappa shape index (κ2) is 5.01. The van der Waals surface area contributed by atoms with Crippen LogP contribution in [0.5, 0.6) is 0 Å². The zero-order chi connectivity index (χ0) is 16.9. The van der Waals surface area contributed by atoms with Gasteiger partial charge in [-0.25, -0.2) is 0 Å². The van der Waals surface area contributed by atoms with Gasteiger partial charge in [-0.15, -0.1) is 0 Å². The molecule has 0 saturated heterocycles. The molecule has 1 aliphatic carbocycles. The Bertz CT molecular complexity index is 908. The molecule has 120 valence electrons. The van der Waals surface area contributed by atoms with Crippen molar-refractivity contribution in [3.05, 3.63) is 72.2 Å². The van der Waals surface area contributed by atoms with Crippen LogP contribution in [0.1, 0.15) is 39.0 Å². The Kier molecular flexibility index (Phi) is 3.14. The fourth-order valence-electron chi connectivity index (χ4n) is 3.76. The van der Waals surface area contributed by atoms with Crippen LogP contribution < -0.4 is 0 Å². The molecule has 0 spiro atoms. The third kappa shape index (κ3) is 1.96. The summed E-state index contributed by atoms with van der Waals surface area (Å²) in [5, 5.41) is 0. The van der Waals surface area contributed by atoms with Crippen LogP contribution in [-0.4, -0.2) is 9.97 Å². The fraction of sp³-hybridized carbons (Fsp3) is 0.273. The Morgan fingerprint density at radius 1 is 0.708 bits per heavy atom. The van der Waals surface area contributed by atoms with Gasteiger partial charge in [0.1, 0.15) is 0 Å². The summed E-state index contributed by atoms with van der Waals surface area (Å²) in [5.74, 6) is 0. The molecule has 0 radical (unpaired) electrons. The first-order valence-corrected chi connectivity index (χ1v) is 8.45. The molecule has 3 aromatic rings. The van der Waals surface area contributed by atoms with Crippen LogP contribution in [0.25, 0.3) is 22.4 Å². The van der Waals surface area contributed by atoms with Gasteiger partial charge < -0.3 is 0 Å². The summed E-state index contributed by atoms with van der Waals surface area (Å²) < 4.78 is 0. The highest BCUT2D eigenvalue weighted by Gasteiger charge is 2.46. The topological polar surface area (TPSA) is 25.8 Å². The maximum Gasteiger partial charge on any atom is 0.0702 e. The van der Waals surface area contributed by atoms with Crippen molar-refractivity contribution in [3.8, 4) is 22.4 Å². The summed E-state index contributed by atoms with van der Waals surface area (Å²) in [4.78, 5) is 9.26. The molecule has 2 heteroatoms. The van der Waals surface area contributed by atoms with Crippen LogP contribution in [0, 0.1) is 0 Å². The predicted octanol–water partition coefficient (Wildman–Crippen LogP) is 5.38. The number of hydrogen-bond acceptors (Lipinski definition) is 2. The van der Waals surface area contributed by atoms with Crippen molar-refractivity contribution < 1.29 is 0 Å². The van der Waals surface area contributed by atoms with Gasteiger partial charge in [0.25, 0.3) is 0 Å². The number of benzene rings is 1. The van der Waals surface area contributed by atoms with E-state index in [1.807, 2.05) is 30.6 Å². The molecule has 0 bridgehead atoms. The highest BCUT2D eigenvalue weighted by Crippen LogP contribution is 2.53. The summed E-state index contributed by atoms with van der Waals surface area (Å²) in [5.41, 5.74) is 7.23. The molecule has 0 saturated carbocycles. The molecule has 0 atom stereocenters. The third-order valence-electron chi connectivity index (χ3n) is 5.91. The molecule has 1 aromatic carbocycles. The van der Waals surface area contributed by atoms with E-state index < -0.39 is 0 Å². The van der Waals surface area contributed by atoms with Crippen LogP contribution in [0.2, 0.25) is 0 Å². The van der Waals surface area contributed by atoms with Gasteiger partial charge in [0, 0.05) is 34.4 Å². The minimum absolute atomic E-state index is 0.00628. The van der Waals surface area contributed by atoms with E-state index >= 15 is 0 Å². The Labute approximate surface area is 143 Å². The summed E-state index contributed by atoms with van der Waals surface area (Å²) in [6, 6.07) is 17.0. The molecule has 24 heavy (non-hydrogen) atoms. The number of hydrogen-bond donors (Lipinski definition) is 0. The number of rotatable bonds is 1. The molecule has 0 N–H and O–H groups in total. The molecular formula is C22H22N2. The van der Waals surface area contributed by atoms with Crippen molar-refractivity contribution in [1.82, 2.24) is 9.97 Å². The van der Waals surface area contributed by atoms with Gasteiger partial charge in [0.05, 0.1) is 11.4 Å². The van der Waals surface area contributed by atoms with Crippen molar-refractivity contribution in [2.24, 2.45) is 0 Å². The normalized spacial score (nSPS) is 17.0. The Morgan fingerprint density at radius 3 is 2.25 bits per heavy atom. The number of nitrogens with zero attached hydrogens (tertiary/aromatic N) is 2. The van der Waals surface area contributed by atoms with Gasteiger partial charge in [-0.3, -0.25) is 9.97 Å². The smallest absolute Gasteiger partial charge is 0.0702 e. The molecule has 0 fully saturated rings. The van der Waals surface area contributed by atoms with Crippen LogP contribution >= 0.6 is 0 Å². The minimum atomic E-state index is -0.0247. The van der Waals surface area contributed by atoms with Crippen LogP contribution in [0.4, 0.5) is 0 Å². The highest BCUT2D eigenvalue weighted by atomic mass is 14.7. The van der Waals surface area contributed by atoms with Crippen LogP contribution in [0.15, 0.2) is 60.9 Å². The van der Waals surface area contributed by atoms with E-state index in [9.17, 15) is 0 Å². The van der Waals surface area contributed by atoms with Crippen LogP contribution in [0.3, 0.4) is 0 Å². The lowest BCUT2D eigenvalue weighted by atomic mass is 9.57. The van der Waals surface area contributed by atoms with Crippen LogP contribution in [-0.2, 0) is 10.8 Å². The van der Waals surface area contributed by atoms with E-state index in [1.54, 1.807) is 0 Å². The van der Waals surface area contributed by atoms with E-state index in [-0.39, 0.29) is 10.8 Å². The van der Waals surface area contributed by atoms with Gasteiger partial charge in [0.2, 0.25) is 0 Å². The molecule has 2 heterocycles. The quantitative estimate of drug-likeness (QED) is 0.602. The maximum absolute atomic E-state index is 4.75. The van der Waals surface area contributed by atoms with Crippen molar-refractivity contribution >= 4 is 0 Å². The second-order valence-electron chi connectivity index (χ2n) is 7.62. The van der Waals surface area contributed by atoms with Gasteiger partial charge >= 0.3 is 0 Å². The zero-order valence-corrected chi connectivity index (χ0v) is 14.7. The largest absolute Gasteiger partial charge is 0.260 e. The molecular weight excluding hydrogens is 292 g/mol. The van der Waals surface area contributed by atoms with Crippen molar-refractivity contribution in [2.75, 3.05) is 0 Å². The Morgan fingerprint density at radius 2 is 1.50 bits per heavy atom. The van der Waals surface area contributed by atoms with Crippen molar-refractivity contribution in [3.63, 3.8) is 0 Å². The van der Waals surface area contributed by atoms with Gasteiger partial charge in [0.15, 0.2) is 0 Å². The third-order valence-corrected chi connectivity index (χ3v) is 5.91. The molecule has 0 amide bonds. The van der Waals surface area contributed by atoms with Gasteiger partial charge in [-0.05, 0) is 35.4 Å². The number of fused-ring (bicyclic) bond motifs is 3. The molecule has 0 unspecified atom stereocenters. The second-order valence-corrected chi connectivity index (χ2v) is 7.62. The van der Waals surface area contributed by atoms with E-state index in [4.69, 9.17) is 4.98 Å².